The molecule has 0 aliphatic heterocycles. The summed E-state index contributed by atoms with van der Waals surface area (Å²) in [4.78, 5) is 13.0. The number of nitrogens with two attached hydrogens (primary N) is 1. The highest BCUT2D eigenvalue weighted by Gasteiger charge is 2.22. The highest BCUT2D eigenvalue weighted by Crippen LogP contribution is 2.38. The van der Waals surface area contributed by atoms with Crippen molar-refractivity contribution in [2.24, 2.45) is 0 Å². The SMILES string of the molecule is COc1ccc(Cl)cc1NC(=O)c1sc(Nc2ccc(C)cc2)c(C#N)c1N. The van der Waals surface area contributed by atoms with E-state index in [0.717, 1.165) is 22.6 Å². The monoisotopic (exact) mass is 412 g/mol. The maximum absolute atomic E-state index is 12.8. The van der Waals surface area contributed by atoms with Gasteiger partial charge in [0.25, 0.3) is 5.91 Å². The molecule has 1 aromatic heterocycles. The molecule has 0 saturated carbocycles. The highest BCUT2D eigenvalue weighted by molar-refractivity contribution is 7.19. The molecule has 0 bridgehead atoms. The first kappa shape index (κ1) is 19.5. The molecule has 0 atom stereocenters. The van der Waals surface area contributed by atoms with Crippen molar-refractivity contribution < 1.29 is 9.53 Å². The van der Waals surface area contributed by atoms with Gasteiger partial charge < -0.3 is 21.1 Å². The number of nitrogens with zero attached hydrogens (tertiary/aromatic N) is 1. The van der Waals surface area contributed by atoms with Gasteiger partial charge in [0.2, 0.25) is 0 Å². The van der Waals surface area contributed by atoms with Gasteiger partial charge in [-0.3, -0.25) is 4.79 Å². The number of nitriles is 1. The number of anilines is 4. The van der Waals surface area contributed by atoms with E-state index in [1.807, 2.05) is 31.2 Å². The number of benzene rings is 2. The molecule has 3 rings (SSSR count). The number of nitrogens with one attached hydrogen (secondary N) is 2. The molecule has 1 amide bonds. The number of ether oxygens (including phenoxy) is 1. The lowest BCUT2D eigenvalue weighted by Crippen LogP contribution is -2.13. The van der Waals surface area contributed by atoms with E-state index < -0.39 is 5.91 Å². The Morgan fingerprint density at radius 2 is 1.96 bits per heavy atom. The summed E-state index contributed by atoms with van der Waals surface area (Å²) >= 11 is 7.12. The van der Waals surface area contributed by atoms with Crippen LogP contribution in [-0.2, 0) is 0 Å². The molecular weight excluding hydrogens is 396 g/mol. The molecular formula is C20H17ClN4O2S. The van der Waals surface area contributed by atoms with Gasteiger partial charge in [-0.25, -0.2) is 0 Å². The van der Waals surface area contributed by atoms with Gasteiger partial charge in [0.1, 0.15) is 27.3 Å². The average Bonchev–Trinajstić information content (AvgIpc) is 2.99. The molecule has 28 heavy (non-hydrogen) atoms. The van der Waals surface area contributed by atoms with Gasteiger partial charge in [-0.15, -0.1) is 11.3 Å². The van der Waals surface area contributed by atoms with Crippen molar-refractivity contribution in [2.45, 2.75) is 6.92 Å². The molecule has 142 valence electrons. The normalized spacial score (nSPS) is 10.2. The van der Waals surface area contributed by atoms with Crippen molar-refractivity contribution in [3.05, 3.63) is 63.5 Å². The third kappa shape index (κ3) is 4.03. The lowest BCUT2D eigenvalue weighted by atomic mass is 10.2. The average molecular weight is 413 g/mol. The molecule has 0 aliphatic carbocycles. The molecule has 4 N–H and O–H groups in total. The van der Waals surface area contributed by atoms with Crippen LogP contribution in [0.3, 0.4) is 0 Å². The number of hydrogen-bond donors (Lipinski definition) is 3. The molecule has 0 fully saturated rings. The molecule has 0 spiro atoms. The number of amides is 1. The molecule has 0 unspecified atom stereocenters. The zero-order valence-corrected chi connectivity index (χ0v) is 16.7. The summed E-state index contributed by atoms with van der Waals surface area (Å²) in [6, 6.07) is 14.6. The van der Waals surface area contributed by atoms with Crippen molar-refractivity contribution in [3.63, 3.8) is 0 Å². The second-order valence-corrected chi connectivity index (χ2v) is 7.41. The first-order valence-electron chi connectivity index (χ1n) is 8.24. The van der Waals surface area contributed by atoms with Gasteiger partial charge in [-0.05, 0) is 37.3 Å². The van der Waals surface area contributed by atoms with Crippen molar-refractivity contribution >= 4 is 50.9 Å². The molecule has 0 aliphatic rings. The first-order valence-corrected chi connectivity index (χ1v) is 9.43. The third-order valence-electron chi connectivity index (χ3n) is 3.98. The van der Waals surface area contributed by atoms with Crippen LogP contribution in [0.15, 0.2) is 42.5 Å². The van der Waals surface area contributed by atoms with E-state index in [0.29, 0.717) is 21.5 Å². The number of thiophene rings is 1. The lowest BCUT2D eigenvalue weighted by molar-refractivity contribution is 0.103. The largest absolute Gasteiger partial charge is 0.495 e. The van der Waals surface area contributed by atoms with E-state index >= 15 is 0 Å². The third-order valence-corrected chi connectivity index (χ3v) is 5.34. The number of nitrogen functional groups attached to an aromatic ring is 1. The van der Waals surface area contributed by atoms with Gasteiger partial charge in [-0.2, -0.15) is 5.26 Å². The molecule has 1 heterocycles. The Kier molecular flexibility index (Phi) is 5.73. The second kappa shape index (κ2) is 8.21. The molecule has 6 nitrogen and oxygen atoms in total. The number of hydrogen-bond acceptors (Lipinski definition) is 6. The minimum absolute atomic E-state index is 0.126. The predicted octanol–water partition coefficient (Wildman–Crippen LogP) is 5.17. The summed E-state index contributed by atoms with van der Waals surface area (Å²) in [5.74, 6) is 0.0166. The van der Waals surface area contributed by atoms with Crippen LogP contribution >= 0.6 is 22.9 Å². The highest BCUT2D eigenvalue weighted by atomic mass is 35.5. The zero-order valence-electron chi connectivity index (χ0n) is 15.2. The summed E-state index contributed by atoms with van der Waals surface area (Å²) < 4.78 is 5.24. The minimum Gasteiger partial charge on any atom is -0.495 e. The molecule has 0 radical (unpaired) electrons. The maximum atomic E-state index is 12.8. The Morgan fingerprint density at radius 3 is 2.61 bits per heavy atom. The van der Waals surface area contributed by atoms with Crippen LogP contribution in [0, 0.1) is 18.3 Å². The van der Waals surface area contributed by atoms with Crippen LogP contribution in [-0.4, -0.2) is 13.0 Å². The van der Waals surface area contributed by atoms with Gasteiger partial charge in [0, 0.05) is 10.7 Å². The fraction of sp³-hybridized carbons (Fsp3) is 0.100. The summed E-state index contributed by atoms with van der Waals surface area (Å²) in [6.45, 7) is 1.99. The Balaban J connectivity index is 1.91. The summed E-state index contributed by atoms with van der Waals surface area (Å²) in [7, 11) is 1.50. The van der Waals surface area contributed by atoms with Crippen molar-refractivity contribution in [2.75, 3.05) is 23.5 Å². The first-order chi connectivity index (χ1) is 13.4. The molecule has 8 heteroatoms. The smallest absolute Gasteiger partial charge is 0.268 e. The van der Waals surface area contributed by atoms with Crippen LogP contribution in [0.2, 0.25) is 5.02 Å². The summed E-state index contributed by atoms with van der Waals surface area (Å²) in [5, 5.41) is 16.3. The quantitative estimate of drug-likeness (QED) is 0.536. The Labute approximate surface area is 171 Å². The molecule has 0 saturated heterocycles. The van der Waals surface area contributed by atoms with Crippen molar-refractivity contribution in [3.8, 4) is 11.8 Å². The van der Waals surface area contributed by atoms with Crippen molar-refractivity contribution in [1.29, 1.82) is 5.26 Å². The Morgan fingerprint density at radius 1 is 1.25 bits per heavy atom. The van der Waals surface area contributed by atoms with Crippen LogP contribution in [0.1, 0.15) is 20.8 Å². The fourth-order valence-electron chi connectivity index (χ4n) is 2.54. The van der Waals surface area contributed by atoms with Crippen molar-refractivity contribution in [1.82, 2.24) is 0 Å². The lowest BCUT2D eigenvalue weighted by Gasteiger charge is -2.10. The Bertz CT molecular complexity index is 1070. The number of carbonyl (C=O) groups excluding carboxylic acids is 1. The van der Waals surface area contributed by atoms with Crippen LogP contribution in [0.5, 0.6) is 5.75 Å². The number of halogens is 1. The predicted molar refractivity (Wildman–Crippen MR) is 114 cm³/mol. The van der Waals surface area contributed by atoms with Gasteiger partial charge >= 0.3 is 0 Å². The van der Waals surface area contributed by atoms with E-state index in [4.69, 9.17) is 22.1 Å². The zero-order chi connectivity index (χ0) is 20.3. The van der Waals surface area contributed by atoms with Crippen LogP contribution < -0.4 is 21.1 Å². The number of carbonyl (C=O) groups is 1. The van der Waals surface area contributed by atoms with E-state index in [1.165, 1.54) is 7.11 Å². The van der Waals surface area contributed by atoms with E-state index in [9.17, 15) is 10.1 Å². The number of rotatable bonds is 5. The maximum Gasteiger partial charge on any atom is 0.268 e. The molecule has 2 aromatic carbocycles. The fourth-order valence-corrected chi connectivity index (χ4v) is 3.70. The summed E-state index contributed by atoms with van der Waals surface area (Å²) in [5.41, 5.74) is 8.77. The molecule has 3 aromatic rings. The van der Waals surface area contributed by atoms with E-state index in [1.54, 1.807) is 18.2 Å². The van der Waals surface area contributed by atoms with Gasteiger partial charge in [0.05, 0.1) is 18.5 Å². The standard InChI is InChI=1S/C20H17ClN4O2S/c1-11-3-6-13(7-4-11)24-20-14(10-22)17(23)18(28-20)19(26)25-15-9-12(21)5-8-16(15)27-2/h3-9,24H,23H2,1-2H3,(H,25,26). The minimum atomic E-state index is -0.448. The van der Waals surface area contributed by atoms with E-state index in [-0.39, 0.29) is 16.1 Å². The number of methoxy groups -OCH3 is 1. The van der Waals surface area contributed by atoms with Crippen LogP contribution in [0.25, 0.3) is 0 Å². The topological polar surface area (TPSA) is 100 Å². The second-order valence-electron chi connectivity index (χ2n) is 5.95. The van der Waals surface area contributed by atoms with Crippen LogP contribution in [0.4, 0.5) is 22.1 Å². The number of aryl methyl sites for hydroxylation is 1. The summed E-state index contributed by atoms with van der Waals surface area (Å²) in [6.07, 6.45) is 0. The Hall–Kier alpha value is -3.21. The van der Waals surface area contributed by atoms with Gasteiger partial charge in [0.15, 0.2) is 0 Å². The van der Waals surface area contributed by atoms with Gasteiger partial charge in [-0.1, -0.05) is 29.3 Å². The van der Waals surface area contributed by atoms with E-state index in [2.05, 4.69) is 16.7 Å².